The zero-order chi connectivity index (χ0) is 12.3. The maximum absolute atomic E-state index is 9.26. The van der Waals surface area contributed by atoms with Gasteiger partial charge in [-0.1, -0.05) is 12.1 Å². The number of aliphatic hydroxyl groups excluding tert-OH is 1. The van der Waals surface area contributed by atoms with E-state index in [0.29, 0.717) is 18.7 Å². The van der Waals surface area contributed by atoms with Crippen LogP contribution in [0.4, 0.5) is 5.69 Å². The normalized spacial score (nSPS) is 20.4. The summed E-state index contributed by atoms with van der Waals surface area (Å²) in [6, 6.07) is 6.95. The van der Waals surface area contributed by atoms with Gasteiger partial charge < -0.3 is 24.8 Å². The van der Waals surface area contributed by atoms with E-state index >= 15 is 0 Å². The van der Waals surface area contributed by atoms with E-state index in [2.05, 4.69) is 4.90 Å². The largest absolute Gasteiger partial charge is 0.488 e. The van der Waals surface area contributed by atoms with Crippen molar-refractivity contribution in [3.63, 3.8) is 0 Å². The van der Waals surface area contributed by atoms with Gasteiger partial charge in [-0.2, -0.15) is 0 Å². The zero-order valence-corrected chi connectivity index (χ0v) is 9.49. The fourth-order valence-corrected chi connectivity index (χ4v) is 1.98. The lowest BCUT2D eigenvalue weighted by Gasteiger charge is -2.36. The van der Waals surface area contributed by atoms with Crippen molar-refractivity contribution >= 4 is 18.3 Å². The highest BCUT2D eigenvalue weighted by atomic mass is 16.5. The molecule has 3 N–H and O–H groups in total. The van der Waals surface area contributed by atoms with Crippen LogP contribution in [0.3, 0.4) is 0 Å². The summed E-state index contributed by atoms with van der Waals surface area (Å²) in [7, 11) is -1.44. The standard InChI is InChI=1S/C11H16BNO4/c14-7-11-8-17-6-5-13(11)10-3-1-9(2-4-10)12(15)16/h1-4,11,14-16H,5-8H2/t11-/m1/s1. The minimum absolute atomic E-state index is 0.0337. The topological polar surface area (TPSA) is 73.2 Å². The summed E-state index contributed by atoms with van der Waals surface area (Å²) in [6.07, 6.45) is 0. The second kappa shape index (κ2) is 5.51. The smallest absolute Gasteiger partial charge is 0.423 e. The van der Waals surface area contributed by atoms with Crippen LogP contribution in [0.2, 0.25) is 0 Å². The van der Waals surface area contributed by atoms with Gasteiger partial charge in [0, 0.05) is 12.2 Å². The third-order valence-electron chi connectivity index (χ3n) is 2.96. The molecule has 1 atom stereocenters. The predicted molar refractivity (Wildman–Crippen MR) is 65.3 cm³/mol. The molecule has 6 heteroatoms. The van der Waals surface area contributed by atoms with Crippen molar-refractivity contribution in [1.82, 2.24) is 0 Å². The van der Waals surface area contributed by atoms with Crippen LogP contribution in [-0.2, 0) is 4.74 Å². The van der Waals surface area contributed by atoms with Gasteiger partial charge in [-0.05, 0) is 17.6 Å². The number of ether oxygens (including phenoxy) is 1. The van der Waals surface area contributed by atoms with Gasteiger partial charge in [0.2, 0.25) is 0 Å². The van der Waals surface area contributed by atoms with Gasteiger partial charge in [0.05, 0.1) is 25.9 Å². The fraction of sp³-hybridized carbons (Fsp3) is 0.455. The summed E-state index contributed by atoms with van der Waals surface area (Å²) < 4.78 is 5.30. The average molecular weight is 237 g/mol. The number of morpholine rings is 1. The Morgan fingerprint density at radius 2 is 2.00 bits per heavy atom. The van der Waals surface area contributed by atoms with Crippen LogP contribution in [0, 0.1) is 0 Å². The summed E-state index contributed by atoms with van der Waals surface area (Å²) in [4.78, 5) is 2.07. The molecule has 1 aromatic rings. The Balaban J connectivity index is 2.15. The van der Waals surface area contributed by atoms with Crippen molar-refractivity contribution < 1.29 is 19.9 Å². The Morgan fingerprint density at radius 3 is 2.59 bits per heavy atom. The number of benzene rings is 1. The highest BCUT2D eigenvalue weighted by molar-refractivity contribution is 6.58. The summed E-state index contributed by atoms with van der Waals surface area (Å²) >= 11 is 0. The lowest BCUT2D eigenvalue weighted by molar-refractivity contribution is 0.0727. The van der Waals surface area contributed by atoms with E-state index < -0.39 is 7.12 Å². The van der Waals surface area contributed by atoms with E-state index in [0.717, 1.165) is 12.2 Å². The van der Waals surface area contributed by atoms with Crippen molar-refractivity contribution in [3.8, 4) is 0 Å². The van der Waals surface area contributed by atoms with Gasteiger partial charge in [0.25, 0.3) is 0 Å². The number of hydrogen-bond donors (Lipinski definition) is 3. The molecule has 0 amide bonds. The highest BCUT2D eigenvalue weighted by Crippen LogP contribution is 2.18. The Bertz CT molecular complexity index is 357. The summed E-state index contributed by atoms with van der Waals surface area (Å²) in [5.74, 6) is 0. The lowest BCUT2D eigenvalue weighted by Crippen LogP contribution is -2.47. The van der Waals surface area contributed by atoms with Crippen LogP contribution in [-0.4, -0.2) is 54.7 Å². The van der Waals surface area contributed by atoms with Crippen LogP contribution in [0.25, 0.3) is 0 Å². The molecule has 0 aromatic heterocycles. The molecule has 1 aliphatic heterocycles. The fourth-order valence-electron chi connectivity index (χ4n) is 1.98. The third-order valence-corrected chi connectivity index (χ3v) is 2.96. The van der Waals surface area contributed by atoms with Crippen molar-refractivity contribution in [2.24, 2.45) is 0 Å². The molecular weight excluding hydrogens is 221 g/mol. The Labute approximate surface area is 100 Å². The first kappa shape index (κ1) is 12.4. The molecular formula is C11H16BNO4. The number of aliphatic hydroxyl groups is 1. The molecule has 1 fully saturated rings. The van der Waals surface area contributed by atoms with Gasteiger partial charge in [-0.3, -0.25) is 0 Å². The third kappa shape index (κ3) is 2.78. The monoisotopic (exact) mass is 237 g/mol. The highest BCUT2D eigenvalue weighted by Gasteiger charge is 2.22. The van der Waals surface area contributed by atoms with Crippen molar-refractivity contribution in [2.75, 3.05) is 31.3 Å². The molecule has 92 valence electrons. The molecule has 1 saturated heterocycles. The molecule has 0 bridgehead atoms. The summed E-state index contributed by atoms with van der Waals surface area (Å²) in [5, 5.41) is 27.3. The van der Waals surface area contributed by atoms with Gasteiger partial charge in [-0.25, -0.2) is 0 Å². The Kier molecular flexibility index (Phi) is 4.01. The van der Waals surface area contributed by atoms with Crippen LogP contribution in [0.15, 0.2) is 24.3 Å². The van der Waals surface area contributed by atoms with E-state index in [1.54, 1.807) is 12.1 Å². The van der Waals surface area contributed by atoms with Crippen molar-refractivity contribution in [2.45, 2.75) is 6.04 Å². The summed E-state index contributed by atoms with van der Waals surface area (Å²) in [6.45, 7) is 1.93. The van der Waals surface area contributed by atoms with Gasteiger partial charge in [0.1, 0.15) is 0 Å². The first-order chi connectivity index (χ1) is 8.22. The minimum Gasteiger partial charge on any atom is -0.423 e. The van der Waals surface area contributed by atoms with Gasteiger partial charge in [-0.15, -0.1) is 0 Å². The van der Waals surface area contributed by atoms with E-state index in [1.807, 2.05) is 12.1 Å². The molecule has 0 saturated carbocycles. The number of anilines is 1. The van der Waals surface area contributed by atoms with Crippen LogP contribution in [0.5, 0.6) is 0 Å². The molecule has 2 rings (SSSR count). The quantitative estimate of drug-likeness (QED) is 0.562. The molecule has 0 spiro atoms. The molecule has 17 heavy (non-hydrogen) atoms. The van der Waals surface area contributed by atoms with E-state index in [1.165, 1.54) is 0 Å². The number of rotatable bonds is 3. The lowest BCUT2D eigenvalue weighted by atomic mass is 9.80. The van der Waals surface area contributed by atoms with Gasteiger partial charge in [0.15, 0.2) is 0 Å². The number of nitrogens with zero attached hydrogens (tertiary/aromatic N) is 1. The molecule has 5 nitrogen and oxygen atoms in total. The first-order valence-corrected chi connectivity index (χ1v) is 5.63. The molecule has 0 unspecified atom stereocenters. The minimum atomic E-state index is -1.44. The molecule has 0 aliphatic carbocycles. The van der Waals surface area contributed by atoms with E-state index in [-0.39, 0.29) is 12.6 Å². The maximum atomic E-state index is 9.26. The second-order valence-corrected chi connectivity index (χ2v) is 4.07. The molecule has 0 radical (unpaired) electrons. The first-order valence-electron chi connectivity index (χ1n) is 5.63. The zero-order valence-electron chi connectivity index (χ0n) is 9.49. The van der Waals surface area contributed by atoms with E-state index in [4.69, 9.17) is 14.8 Å². The Hall–Kier alpha value is -1.08. The predicted octanol–water partition coefficient (Wildman–Crippen LogP) is -1.44. The maximum Gasteiger partial charge on any atom is 0.488 e. The summed E-state index contributed by atoms with van der Waals surface area (Å²) in [5.41, 5.74) is 1.42. The number of hydrogen-bond acceptors (Lipinski definition) is 5. The van der Waals surface area contributed by atoms with E-state index in [9.17, 15) is 5.11 Å². The average Bonchev–Trinajstić information content (AvgIpc) is 2.39. The molecule has 1 aromatic carbocycles. The van der Waals surface area contributed by atoms with Gasteiger partial charge >= 0.3 is 7.12 Å². The second-order valence-electron chi connectivity index (χ2n) is 4.07. The Morgan fingerprint density at radius 1 is 1.29 bits per heavy atom. The van der Waals surface area contributed by atoms with Crippen LogP contribution in [0.1, 0.15) is 0 Å². The molecule has 1 heterocycles. The van der Waals surface area contributed by atoms with Crippen LogP contribution < -0.4 is 10.4 Å². The SMILES string of the molecule is OC[C@@H]1COCCN1c1ccc(B(O)O)cc1. The van der Waals surface area contributed by atoms with Crippen molar-refractivity contribution in [1.29, 1.82) is 0 Å². The van der Waals surface area contributed by atoms with Crippen LogP contribution >= 0.6 is 0 Å². The van der Waals surface area contributed by atoms with Crippen molar-refractivity contribution in [3.05, 3.63) is 24.3 Å². The molecule has 1 aliphatic rings.